The maximum atomic E-state index is 5.93. The lowest BCUT2D eigenvalue weighted by atomic mass is 10.2. The van der Waals surface area contributed by atoms with Crippen LogP contribution in [0.4, 0.5) is 0 Å². The van der Waals surface area contributed by atoms with Crippen LogP contribution in [0.2, 0.25) is 0 Å². The first kappa shape index (κ1) is 15.6. The number of alkyl halides is 1. The second kappa shape index (κ2) is 7.89. The minimum atomic E-state index is 0.457. The number of aromatic nitrogens is 1. The molecule has 112 valence electrons. The van der Waals surface area contributed by atoms with Crippen LogP contribution in [-0.4, -0.2) is 11.6 Å². The van der Waals surface area contributed by atoms with Gasteiger partial charge in [0, 0.05) is 17.6 Å². The smallest absolute Gasteiger partial charge is 0.219 e. The summed E-state index contributed by atoms with van der Waals surface area (Å²) in [6.07, 6.45) is 1.96. The fourth-order valence-corrected chi connectivity index (χ4v) is 2.18. The molecule has 1 heterocycles. The van der Waals surface area contributed by atoms with Crippen molar-refractivity contribution in [3.8, 4) is 17.4 Å². The van der Waals surface area contributed by atoms with Gasteiger partial charge in [0.25, 0.3) is 0 Å². The first-order valence-corrected chi connectivity index (χ1v) is 7.75. The summed E-state index contributed by atoms with van der Waals surface area (Å²) in [5.41, 5.74) is 2.03. The molecule has 0 fully saturated rings. The molecule has 0 radical (unpaired) electrons. The monoisotopic (exact) mass is 305 g/mol. The number of aryl methyl sites for hydroxylation is 1. The Kier molecular flexibility index (Phi) is 5.88. The molecule has 0 amide bonds. The molecule has 2 aromatic rings. The molecule has 0 unspecified atom stereocenters. The minimum Gasteiger partial charge on any atom is -0.494 e. The van der Waals surface area contributed by atoms with E-state index in [1.165, 1.54) is 0 Å². The molecule has 0 aliphatic heterocycles. The van der Waals surface area contributed by atoms with E-state index in [1.807, 2.05) is 43.3 Å². The topological polar surface area (TPSA) is 31.4 Å². The van der Waals surface area contributed by atoms with E-state index in [4.69, 9.17) is 21.1 Å². The van der Waals surface area contributed by atoms with Crippen molar-refractivity contribution in [2.45, 2.75) is 32.6 Å². The zero-order chi connectivity index (χ0) is 15.1. The molecule has 21 heavy (non-hydrogen) atoms. The van der Waals surface area contributed by atoms with Crippen molar-refractivity contribution in [1.29, 1.82) is 0 Å². The van der Waals surface area contributed by atoms with Gasteiger partial charge < -0.3 is 9.47 Å². The van der Waals surface area contributed by atoms with Gasteiger partial charge in [0.15, 0.2) is 0 Å². The molecular weight excluding hydrogens is 286 g/mol. The summed E-state index contributed by atoms with van der Waals surface area (Å²) in [7, 11) is 0. The summed E-state index contributed by atoms with van der Waals surface area (Å²) in [6, 6.07) is 11.4. The molecule has 0 bridgehead atoms. The molecule has 0 aliphatic rings. The van der Waals surface area contributed by atoms with Gasteiger partial charge in [-0.2, -0.15) is 0 Å². The molecule has 0 spiro atoms. The fourth-order valence-electron chi connectivity index (χ4n) is 2.03. The highest BCUT2D eigenvalue weighted by atomic mass is 35.5. The van der Waals surface area contributed by atoms with Crippen molar-refractivity contribution in [3.63, 3.8) is 0 Å². The Morgan fingerprint density at radius 3 is 2.38 bits per heavy atom. The summed E-state index contributed by atoms with van der Waals surface area (Å²) in [5, 5.41) is 0. The number of hydrogen-bond acceptors (Lipinski definition) is 3. The Balaban J connectivity index is 2.15. The number of halogens is 1. The Labute approximate surface area is 130 Å². The van der Waals surface area contributed by atoms with Crippen LogP contribution in [0, 0.1) is 0 Å². The lowest BCUT2D eigenvalue weighted by Gasteiger charge is -2.09. The molecule has 1 aromatic heterocycles. The van der Waals surface area contributed by atoms with Gasteiger partial charge in [0.1, 0.15) is 11.5 Å². The number of hydrogen-bond donors (Lipinski definition) is 0. The third-order valence-electron chi connectivity index (χ3n) is 2.93. The quantitative estimate of drug-likeness (QED) is 0.677. The first-order chi connectivity index (χ1) is 10.2. The molecule has 0 saturated heterocycles. The van der Waals surface area contributed by atoms with Crippen molar-refractivity contribution in [2.75, 3.05) is 6.61 Å². The maximum Gasteiger partial charge on any atom is 0.219 e. The van der Waals surface area contributed by atoms with E-state index in [0.29, 0.717) is 18.4 Å². The highest BCUT2D eigenvalue weighted by molar-refractivity contribution is 6.17. The molecule has 3 nitrogen and oxygen atoms in total. The highest BCUT2D eigenvalue weighted by Gasteiger charge is 2.05. The predicted molar refractivity (Wildman–Crippen MR) is 85.5 cm³/mol. The number of rotatable bonds is 7. The van der Waals surface area contributed by atoms with Crippen LogP contribution >= 0.6 is 11.6 Å². The van der Waals surface area contributed by atoms with Gasteiger partial charge in [-0.3, -0.25) is 0 Å². The number of pyridine rings is 1. The zero-order valence-electron chi connectivity index (χ0n) is 12.4. The van der Waals surface area contributed by atoms with Gasteiger partial charge in [-0.25, -0.2) is 4.98 Å². The summed E-state index contributed by atoms with van der Waals surface area (Å²) < 4.78 is 11.2. The SMILES string of the molecule is CCCc1cc(CCl)cc(Oc2ccc(OCC)cc2)n1. The van der Waals surface area contributed by atoms with Gasteiger partial charge in [-0.1, -0.05) is 13.3 Å². The van der Waals surface area contributed by atoms with Crippen molar-refractivity contribution in [3.05, 3.63) is 47.7 Å². The lowest BCUT2D eigenvalue weighted by Crippen LogP contribution is -1.96. The largest absolute Gasteiger partial charge is 0.494 e. The Hall–Kier alpha value is -1.74. The van der Waals surface area contributed by atoms with Gasteiger partial charge in [-0.05, 0) is 49.2 Å². The summed E-state index contributed by atoms with van der Waals surface area (Å²) >= 11 is 5.93. The normalized spacial score (nSPS) is 10.4. The number of nitrogens with zero attached hydrogens (tertiary/aromatic N) is 1. The number of benzene rings is 1. The summed E-state index contributed by atoms with van der Waals surface area (Å²) in [4.78, 5) is 4.51. The van der Waals surface area contributed by atoms with E-state index < -0.39 is 0 Å². The van der Waals surface area contributed by atoms with Gasteiger partial charge in [-0.15, -0.1) is 11.6 Å². The zero-order valence-corrected chi connectivity index (χ0v) is 13.2. The Morgan fingerprint density at radius 2 is 1.76 bits per heavy atom. The summed E-state index contributed by atoms with van der Waals surface area (Å²) in [6.45, 7) is 4.74. The van der Waals surface area contributed by atoms with Gasteiger partial charge >= 0.3 is 0 Å². The highest BCUT2D eigenvalue weighted by Crippen LogP contribution is 2.24. The van der Waals surface area contributed by atoms with Crippen molar-refractivity contribution < 1.29 is 9.47 Å². The molecular formula is C17H20ClNO2. The molecule has 2 rings (SSSR count). The number of ether oxygens (including phenoxy) is 2. The lowest BCUT2D eigenvalue weighted by molar-refractivity contribution is 0.339. The van der Waals surface area contributed by atoms with Crippen LogP contribution in [0.3, 0.4) is 0 Å². The molecule has 4 heteroatoms. The van der Waals surface area contributed by atoms with Crippen LogP contribution in [0.15, 0.2) is 36.4 Å². The van der Waals surface area contributed by atoms with E-state index in [2.05, 4.69) is 11.9 Å². The first-order valence-electron chi connectivity index (χ1n) is 7.21. The van der Waals surface area contributed by atoms with E-state index >= 15 is 0 Å². The van der Waals surface area contributed by atoms with Crippen molar-refractivity contribution in [2.24, 2.45) is 0 Å². The van der Waals surface area contributed by atoms with Crippen LogP contribution in [0.25, 0.3) is 0 Å². The van der Waals surface area contributed by atoms with Crippen LogP contribution in [-0.2, 0) is 12.3 Å². The van der Waals surface area contributed by atoms with Crippen LogP contribution in [0.5, 0.6) is 17.4 Å². The molecule has 0 aliphatic carbocycles. The molecule has 0 N–H and O–H groups in total. The summed E-state index contributed by atoms with van der Waals surface area (Å²) in [5.74, 6) is 2.61. The second-order valence-corrected chi connectivity index (χ2v) is 4.96. The third-order valence-corrected chi connectivity index (χ3v) is 3.24. The molecule has 0 atom stereocenters. The molecule has 0 saturated carbocycles. The molecule has 1 aromatic carbocycles. The van der Waals surface area contributed by atoms with E-state index in [0.717, 1.165) is 35.6 Å². The standard InChI is InChI=1S/C17H20ClNO2/c1-3-5-14-10-13(12-18)11-17(19-14)21-16-8-6-15(7-9-16)20-4-2/h6-11H,3-5,12H2,1-2H3. The van der Waals surface area contributed by atoms with E-state index in [9.17, 15) is 0 Å². The van der Waals surface area contributed by atoms with Gasteiger partial charge in [0.05, 0.1) is 6.61 Å². The Morgan fingerprint density at radius 1 is 1.05 bits per heavy atom. The average molecular weight is 306 g/mol. The van der Waals surface area contributed by atoms with Crippen LogP contribution < -0.4 is 9.47 Å². The van der Waals surface area contributed by atoms with Crippen molar-refractivity contribution >= 4 is 11.6 Å². The van der Waals surface area contributed by atoms with Gasteiger partial charge in [0.2, 0.25) is 5.88 Å². The van der Waals surface area contributed by atoms with E-state index in [1.54, 1.807) is 0 Å². The van der Waals surface area contributed by atoms with Crippen LogP contribution in [0.1, 0.15) is 31.5 Å². The Bertz CT molecular complexity index is 570. The minimum absolute atomic E-state index is 0.457. The van der Waals surface area contributed by atoms with E-state index in [-0.39, 0.29) is 0 Å². The third kappa shape index (κ3) is 4.64. The maximum absolute atomic E-state index is 5.93. The predicted octanol–water partition coefficient (Wildman–Crippen LogP) is 4.96. The average Bonchev–Trinajstić information content (AvgIpc) is 2.49. The fraction of sp³-hybridized carbons (Fsp3) is 0.353. The second-order valence-electron chi connectivity index (χ2n) is 4.70. The van der Waals surface area contributed by atoms with Crippen molar-refractivity contribution in [1.82, 2.24) is 4.98 Å².